The van der Waals surface area contributed by atoms with Gasteiger partial charge in [0.15, 0.2) is 0 Å². The molecule has 0 fully saturated rings. The number of nitrogens with zero attached hydrogens (tertiary/aromatic N) is 5. The largest absolute Gasteiger partial charge is 0.444 e. The second kappa shape index (κ2) is 11.9. The molecule has 4 heterocycles. The number of hydrogen-bond acceptors (Lipinski definition) is 5. The standard InChI is InChI=1S/C32H39F4N5O3Si/c1-20-17-40(19-43-14-15-45(5,6)7)29-26(20)23(10-11-37-29)27-25-18-39(30(42)44-31(2,3)4)12-13-41(25)38-28(27)22-9-8-21(16-24(22)33)32(34,35)36/h8-11,16-17H,12-15,18-19H2,1-7H3. The van der Waals surface area contributed by atoms with Crippen molar-refractivity contribution in [2.45, 2.75) is 85.0 Å². The van der Waals surface area contributed by atoms with Gasteiger partial charge in [0, 0.05) is 50.1 Å². The molecular formula is C32H39F4N5O3Si. The van der Waals surface area contributed by atoms with E-state index in [9.17, 15) is 18.0 Å². The van der Waals surface area contributed by atoms with Crippen LogP contribution in [0.15, 0.2) is 36.7 Å². The van der Waals surface area contributed by atoms with Crippen LogP contribution in [0, 0.1) is 12.7 Å². The van der Waals surface area contributed by atoms with Crippen molar-refractivity contribution in [2.75, 3.05) is 13.2 Å². The first-order chi connectivity index (χ1) is 20.9. The van der Waals surface area contributed by atoms with Crippen LogP contribution in [0.4, 0.5) is 22.4 Å². The van der Waals surface area contributed by atoms with Gasteiger partial charge in [-0.3, -0.25) is 4.68 Å². The Morgan fingerprint density at radius 1 is 1.07 bits per heavy atom. The molecule has 1 aromatic carbocycles. The Balaban J connectivity index is 1.64. The normalized spacial score (nSPS) is 14.2. The molecule has 5 rings (SSSR count). The van der Waals surface area contributed by atoms with E-state index in [1.54, 1.807) is 42.6 Å². The predicted molar refractivity (Wildman–Crippen MR) is 167 cm³/mol. The van der Waals surface area contributed by atoms with Crippen LogP contribution in [0.2, 0.25) is 25.7 Å². The molecule has 0 saturated carbocycles. The maximum Gasteiger partial charge on any atom is 0.416 e. The molecule has 0 saturated heterocycles. The first-order valence-corrected chi connectivity index (χ1v) is 18.6. The second-order valence-corrected chi connectivity index (χ2v) is 19.3. The highest BCUT2D eigenvalue weighted by Crippen LogP contribution is 2.42. The monoisotopic (exact) mass is 645 g/mol. The van der Waals surface area contributed by atoms with E-state index in [2.05, 4.69) is 24.6 Å². The molecule has 242 valence electrons. The number of pyridine rings is 1. The molecule has 8 nitrogen and oxygen atoms in total. The van der Waals surface area contributed by atoms with Gasteiger partial charge in [-0.25, -0.2) is 14.2 Å². The van der Waals surface area contributed by atoms with Crippen LogP contribution in [-0.4, -0.2) is 57.2 Å². The number of rotatable bonds is 7. The number of benzene rings is 1. The summed E-state index contributed by atoms with van der Waals surface area (Å²) in [6, 6.07) is 5.27. The number of halogens is 4. The maximum absolute atomic E-state index is 15.5. The summed E-state index contributed by atoms with van der Waals surface area (Å²) >= 11 is 0. The van der Waals surface area contributed by atoms with E-state index in [0.29, 0.717) is 55.0 Å². The summed E-state index contributed by atoms with van der Waals surface area (Å²) < 4.78 is 71.0. The lowest BCUT2D eigenvalue weighted by Gasteiger charge is -2.31. The molecule has 0 bridgehead atoms. The first kappa shape index (κ1) is 32.7. The zero-order valence-electron chi connectivity index (χ0n) is 26.7. The van der Waals surface area contributed by atoms with E-state index in [0.717, 1.165) is 29.1 Å². The number of fused-ring (bicyclic) bond motifs is 2. The number of amides is 1. The average molecular weight is 646 g/mol. The third kappa shape index (κ3) is 7.09. The molecule has 1 aliphatic heterocycles. The Morgan fingerprint density at radius 3 is 2.44 bits per heavy atom. The van der Waals surface area contributed by atoms with E-state index in [-0.39, 0.29) is 17.8 Å². The molecule has 0 atom stereocenters. The van der Waals surface area contributed by atoms with Crippen LogP contribution < -0.4 is 0 Å². The van der Waals surface area contributed by atoms with Gasteiger partial charge >= 0.3 is 12.3 Å². The molecule has 3 aromatic heterocycles. The number of ether oxygens (including phenoxy) is 2. The van der Waals surface area contributed by atoms with Gasteiger partial charge in [-0.2, -0.15) is 18.3 Å². The third-order valence-corrected chi connectivity index (χ3v) is 9.33. The lowest BCUT2D eigenvalue weighted by Crippen LogP contribution is -2.41. The van der Waals surface area contributed by atoms with E-state index in [1.807, 2.05) is 17.7 Å². The molecule has 0 radical (unpaired) electrons. The lowest BCUT2D eigenvalue weighted by molar-refractivity contribution is -0.137. The minimum absolute atomic E-state index is 0.0690. The highest BCUT2D eigenvalue weighted by molar-refractivity contribution is 6.76. The molecule has 0 unspecified atom stereocenters. The van der Waals surface area contributed by atoms with Gasteiger partial charge in [0.2, 0.25) is 0 Å². The fourth-order valence-corrected chi connectivity index (χ4v) is 6.18. The van der Waals surface area contributed by atoms with Crippen molar-refractivity contribution in [3.05, 3.63) is 59.3 Å². The molecule has 1 aliphatic rings. The van der Waals surface area contributed by atoms with Crippen LogP contribution in [0.5, 0.6) is 0 Å². The van der Waals surface area contributed by atoms with Crippen molar-refractivity contribution in [2.24, 2.45) is 0 Å². The fraction of sp³-hybridized carbons (Fsp3) is 0.469. The molecule has 4 aromatic rings. The summed E-state index contributed by atoms with van der Waals surface area (Å²) in [5.74, 6) is -1.04. The van der Waals surface area contributed by atoms with Crippen molar-refractivity contribution >= 4 is 25.2 Å². The molecule has 0 spiro atoms. The third-order valence-electron chi connectivity index (χ3n) is 7.63. The lowest BCUT2D eigenvalue weighted by atomic mass is 9.95. The Kier molecular flexibility index (Phi) is 8.64. The van der Waals surface area contributed by atoms with Crippen LogP contribution in [-0.2, 0) is 35.5 Å². The van der Waals surface area contributed by atoms with E-state index >= 15 is 4.39 Å². The Morgan fingerprint density at radius 2 is 1.80 bits per heavy atom. The summed E-state index contributed by atoms with van der Waals surface area (Å²) in [5.41, 5.74) is 1.69. The van der Waals surface area contributed by atoms with Gasteiger partial charge in [0.05, 0.1) is 24.3 Å². The minimum Gasteiger partial charge on any atom is -0.444 e. The minimum atomic E-state index is -4.70. The first-order valence-electron chi connectivity index (χ1n) is 14.9. The van der Waals surface area contributed by atoms with Crippen LogP contribution in [0.25, 0.3) is 33.4 Å². The zero-order valence-corrected chi connectivity index (χ0v) is 27.7. The summed E-state index contributed by atoms with van der Waals surface area (Å²) in [6.45, 7) is 15.8. The summed E-state index contributed by atoms with van der Waals surface area (Å²) in [7, 11) is -1.28. The Bertz CT molecular complexity index is 1730. The zero-order chi connectivity index (χ0) is 32.9. The van der Waals surface area contributed by atoms with E-state index in [1.165, 1.54) is 0 Å². The number of alkyl halides is 3. The average Bonchev–Trinajstić information content (AvgIpc) is 3.46. The van der Waals surface area contributed by atoms with Gasteiger partial charge in [0.25, 0.3) is 0 Å². The number of carbonyl (C=O) groups excluding carboxylic acids is 1. The Hall–Kier alpha value is -3.71. The second-order valence-electron chi connectivity index (χ2n) is 13.7. The SMILES string of the molecule is Cc1cn(COCC[Si](C)(C)C)c2nccc(-c3c(-c4ccc(C(F)(F)F)cc4F)nn4c3CN(C(=O)OC(C)(C)C)CC4)c12. The predicted octanol–water partition coefficient (Wildman–Crippen LogP) is 8.10. The van der Waals surface area contributed by atoms with Crippen molar-refractivity contribution in [1.82, 2.24) is 24.2 Å². The number of hydrogen-bond donors (Lipinski definition) is 0. The quantitative estimate of drug-likeness (QED) is 0.115. The smallest absolute Gasteiger partial charge is 0.416 e. The topological polar surface area (TPSA) is 74.4 Å². The van der Waals surface area contributed by atoms with Crippen molar-refractivity contribution in [1.29, 1.82) is 0 Å². The molecule has 13 heteroatoms. The van der Waals surface area contributed by atoms with Gasteiger partial charge in [0.1, 0.15) is 29.5 Å². The fourth-order valence-electron chi connectivity index (χ4n) is 5.42. The van der Waals surface area contributed by atoms with Crippen LogP contribution in [0.1, 0.15) is 37.6 Å². The number of carbonyl (C=O) groups is 1. The molecule has 1 amide bonds. The summed E-state index contributed by atoms with van der Waals surface area (Å²) in [5, 5.41) is 5.50. The van der Waals surface area contributed by atoms with Gasteiger partial charge in [-0.15, -0.1) is 0 Å². The van der Waals surface area contributed by atoms with Crippen LogP contribution in [0.3, 0.4) is 0 Å². The Labute approximate surface area is 260 Å². The van der Waals surface area contributed by atoms with Crippen molar-refractivity contribution in [3.8, 4) is 22.4 Å². The highest BCUT2D eigenvalue weighted by atomic mass is 28.3. The van der Waals surface area contributed by atoms with Crippen molar-refractivity contribution in [3.63, 3.8) is 0 Å². The summed E-state index contributed by atoms with van der Waals surface area (Å²) in [4.78, 5) is 19.3. The molecular weight excluding hydrogens is 606 g/mol. The number of aromatic nitrogens is 4. The number of aryl methyl sites for hydroxylation is 1. The summed E-state index contributed by atoms with van der Waals surface area (Å²) in [6.07, 6.45) is -1.61. The maximum atomic E-state index is 15.5. The van der Waals surface area contributed by atoms with Crippen molar-refractivity contribution < 1.29 is 31.8 Å². The highest BCUT2D eigenvalue weighted by Gasteiger charge is 2.34. The van der Waals surface area contributed by atoms with Gasteiger partial charge in [-0.05, 0) is 69.1 Å². The van der Waals surface area contributed by atoms with Gasteiger partial charge < -0.3 is 18.9 Å². The molecule has 0 aliphatic carbocycles. The molecule has 0 N–H and O–H groups in total. The van der Waals surface area contributed by atoms with Gasteiger partial charge in [-0.1, -0.05) is 19.6 Å². The van der Waals surface area contributed by atoms with E-state index < -0.39 is 37.3 Å². The van der Waals surface area contributed by atoms with Crippen LogP contribution >= 0.6 is 0 Å². The van der Waals surface area contributed by atoms with E-state index in [4.69, 9.17) is 14.6 Å². The molecule has 45 heavy (non-hydrogen) atoms.